The highest BCUT2D eigenvalue weighted by molar-refractivity contribution is 6.09. The van der Waals surface area contributed by atoms with E-state index in [1.807, 2.05) is 0 Å². The van der Waals surface area contributed by atoms with Gasteiger partial charge in [0, 0.05) is 5.69 Å². The Hall–Kier alpha value is -4.12. The Morgan fingerprint density at radius 3 is 2.44 bits per heavy atom. The summed E-state index contributed by atoms with van der Waals surface area (Å²) < 4.78 is 57.1. The number of carbonyl (C=O) groups excluding carboxylic acids is 1. The minimum Gasteiger partial charge on any atom is -0.489 e. The molecule has 0 saturated carbocycles. The highest BCUT2D eigenvalue weighted by atomic mass is 19.4. The molecule has 1 amide bonds. The van der Waals surface area contributed by atoms with Crippen molar-refractivity contribution in [1.29, 1.82) is 5.26 Å². The molecule has 0 unspecified atom stereocenters. The molecular formula is C24H16F4N2O2. The van der Waals surface area contributed by atoms with Crippen LogP contribution in [-0.2, 0) is 17.6 Å². The maximum absolute atomic E-state index is 13.0. The van der Waals surface area contributed by atoms with Gasteiger partial charge in [0.2, 0.25) is 0 Å². The van der Waals surface area contributed by atoms with Gasteiger partial charge >= 0.3 is 6.18 Å². The van der Waals surface area contributed by atoms with Gasteiger partial charge in [0.15, 0.2) is 0 Å². The summed E-state index contributed by atoms with van der Waals surface area (Å²) in [5.74, 6) is -0.739. The van der Waals surface area contributed by atoms with Crippen LogP contribution in [0.25, 0.3) is 6.08 Å². The fourth-order valence-electron chi connectivity index (χ4n) is 2.73. The number of amides is 1. The minimum absolute atomic E-state index is 0.0812. The van der Waals surface area contributed by atoms with Crippen LogP contribution >= 0.6 is 0 Å². The van der Waals surface area contributed by atoms with Crippen LogP contribution in [0.1, 0.15) is 16.7 Å². The summed E-state index contributed by atoms with van der Waals surface area (Å²) in [6.07, 6.45) is -3.25. The van der Waals surface area contributed by atoms with Crippen molar-refractivity contribution in [3.8, 4) is 11.8 Å². The van der Waals surface area contributed by atoms with Crippen LogP contribution in [0.5, 0.6) is 5.75 Å². The molecule has 0 aliphatic carbocycles. The van der Waals surface area contributed by atoms with E-state index in [0.29, 0.717) is 11.3 Å². The Morgan fingerprint density at radius 2 is 1.75 bits per heavy atom. The molecular weight excluding hydrogens is 424 g/mol. The van der Waals surface area contributed by atoms with Crippen LogP contribution in [0, 0.1) is 17.1 Å². The molecule has 0 bridgehead atoms. The number of rotatable bonds is 6. The Balaban J connectivity index is 1.71. The first-order valence-corrected chi connectivity index (χ1v) is 9.32. The second kappa shape index (κ2) is 9.79. The molecule has 0 aromatic heterocycles. The van der Waals surface area contributed by atoms with Crippen LogP contribution in [0.4, 0.5) is 23.2 Å². The predicted molar refractivity (Wildman–Crippen MR) is 111 cm³/mol. The number of alkyl halides is 3. The minimum atomic E-state index is -4.55. The van der Waals surface area contributed by atoms with Gasteiger partial charge in [-0.25, -0.2) is 4.39 Å². The first kappa shape index (κ1) is 22.6. The maximum atomic E-state index is 13.0. The molecule has 0 radical (unpaired) electrons. The van der Waals surface area contributed by atoms with Crippen LogP contribution in [-0.4, -0.2) is 5.91 Å². The zero-order valence-corrected chi connectivity index (χ0v) is 16.5. The van der Waals surface area contributed by atoms with Crippen molar-refractivity contribution in [2.45, 2.75) is 12.8 Å². The number of nitriles is 1. The van der Waals surface area contributed by atoms with Crippen LogP contribution in [0.15, 0.2) is 78.4 Å². The predicted octanol–water partition coefficient (Wildman–Crippen LogP) is 5.97. The lowest BCUT2D eigenvalue weighted by Gasteiger charge is -2.10. The standard InChI is InChI=1S/C24H16F4N2O2/c25-20-9-7-16(8-10-20)15-32-22-6-1-3-17(12-22)11-18(14-29)23(31)30-21-5-2-4-19(13-21)24(26,27)28/h1-13H,15H2,(H,30,31)/b18-11-. The number of nitrogens with one attached hydrogen (secondary N) is 1. The molecule has 0 aliphatic rings. The molecule has 0 atom stereocenters. The average Bonchev–Trinajstić information content (AvgIpc) is 2.77. The lowest BCUT2D eigenvalue weighted by Crippen LogP contribution is -2.14. The summed E-state index contributed by atoms with van der Waals surface area (Å²) in [5, 5.41) is 11.6. The zero-order chi connectivity index (χ0) is 23.1. The second-order valence-corrected chi connectivity index (χ2v) is 6.69. The second-order valence-electron chi connectivity index (χ2n) is 6.69. The average molecular weight is 440 g/mol. The third-order valence-corrected chi connectivity index (χ3v) is 4.30. The molecule has 162 valence electrons. The van der Waals surface area contributed by atoms with Gasteiger partial charge in [-0.05, 0) is 59.7 Å². The first-order valence-electron chi connectivity index (χ1n) is 9.32. The van der Waals surface area contributed by atoms with Gasteiger partial charge in [0.25, 0.3) is 5.91 Å². The monoisotopic (exact) mass is 440 g/mol. The maximum Gasteiger partial charge on any atom is 0.416 e. The highest BCUT2D eigenvalue weighted by Crippen LogP contribution is 2.30. The van der Waals surface area contributed by atoms with Crippen molar-refractivity contribution >= 4 is 17.7 Å². The van der Waals surface area contributed by atoms with Crippen molar-refractivity contribution in [2.75, 3.05) is 5.32 Å². The van der Waals surface area contributed by atoms with Crippen molar-refractivity contribution in [3.05, 3.63) is 101 Å². The zero-order valence-electron chi connectivity index (χ0n) is 16.5. The lowest BCUT2D eigenvalue weighted by molar-refractivity contribution is -0.137. The largest absolute Gasteiger partial charge is 0.489 e. The summed E-state index contributed by atoms with van der Waals surface area (Å²) >= 11 is 0. The van der Waals surface area contributed by atoms with Gasteiger partial charge in [-0.1, -0.05) is 30.3 Å². The molecule has 0 saturated heterocycles. The number of nitrogens with zero attached hydrogens (tertiary/aromatic N) is 1. The van der Waals surface area contributed by atoms with Gasteiger partial charge < -0.3 is 10.1 Å². The molecule has 3 rings (SSSR count). The van der Waals surface area contributed by atoms with E-state index < -0.39 is 17.6 Å². The Kier molecular flexibility index (Phi) is 6.90. The van der Waals surface area contributed by atoms with Gasteiger partial charge in [-0.15, -0.1) is 0 Å². The third-order valence-electron chi connectivity index (χ3n) is 4.30. The molecule has 0 heterocycles. The molecule has 32 heavy (non-hydrogen) atoms. The molecule has 8 heteroatoms. The van der Waals surface area contributed by atoms with E-state index in [-0.39, 0.29) is 23.7 Å². The van der Waals surface area contributed by atoms with E-state index in [9.17, 15) is 27.6 Å². The number of carbonyl (C=O) groups is 1. The molecule has 3 aromatic carbocycles. The van der Waals surface area contributed by atoms with Gasteiger partial charge in [0.05, 0.1) is 5.56 Å². The van der Waals surface area contributed by atoms with Crippen molar-refractivity contribution in [3.63, 3.8) is 0 Å². The quantitative estimate of drug-likeness (QED) is 0.292. The smallest absolute Gasteiger partial charge is 0.416 e. The highest BCUT2D eigenvalue weighted by Gasteiger charge is 2.30. The Bertz CT molecular complexity index is 1180. The third kappa shape index (κ3) is 6.19. The van der Waals surface area contributed by atoms with Crippen LogP contribution in [0.3, 0.4) is 0 Å². The summed E-state index contributed by atoms with van der Waals surface area (Å²) in [6.45, 7) is 0.189. The van der Waals surface area contributed by atoms with Crippen molar-refractivity contribution in [1.82, 2.24) is 0 Å². The Labute approximate surface area is 181 Å². The van der Waals surface area contributed by atoms with Gasteiger partial charge in [0.1, 0.15) is 29.8 Å². The molecule has 4 nitrogen and oxygen atoms in total. The van der Waals surface area contributed by atoms with Gasteiger partial charge in [-0.2, -0.15) is 18.4 Å². The lowest BCUT2D eigenvalue weighted by atomic mass is 10.1. The van der Waals surface area contributed by atoms with E-state index in [1.54, 1.807) is 42.5 Å². The topological polar surface area (TPSA) is 62.1 Å². The first-order chi connectivity index (χ1) is 15.2. The summed E-state index contributed by atoms with van der Waals surface area (Å²) in [7, 11) is 0. The van der Waals surface area contributed by atoms with E-state index in [4.69, 9.17) is 4.74 Å². The van der Waals surface area contributed by atoms with E-state index in [1.165, 1.54) is 24.3 Å². The number of ether oxygens (including phenoxy) is 1. The van der Waals surface area contributed by atoms with Gasteiger partial charge in [-0.3, -0.25) is 4.79 Å². The Morgan fingerprint density at radius 1 is 1.03 bits per heavy atom. The SMILES string of the molecule is N#C/C(=C/c1cccc(OCc2ccc(F)cc2)c1)C(=O)Nc1cccc(C(F)(F)F)c1. The summed E-state index contributed by atoms with van der Waals surface area (Å²) in [4.78, 5) is 12.4. The van der Waals surface area contributed by atoms with Crippen molar-refractivity contribution < 1.29 is 27.1 Å². The number of halogens is 4. The molecule has 0 aliphatic heterocycles. The summed E-state index contributed by atoms with van der Waals surface area (Å²) in [6, 6.07) is 18.3. The molecule has 0 spiro atoms. The van der Waals surface area contributed by atoms with E-state index in [2.05, 4.69) is 5.32 Å². The van der Waals surface area contributed by atoms with E-state index in [0.717, 1.165) is 23.8 Å². The molecule has 1 N–H and O–H groups in total. The summed E-state index contributed by atoms with van der Waals surface area (Å²) in [5.41, 5.74) is -0.0490. The van der Waals surface area contributed by atoms with Crippen LogP contribution < -0.4 is 10.1 Å². The molecule has 3 aromatic rings. The fourth-order valence-corrected chi connectivity index (χ4v) is 2.73. The normalized spacial score (nSPS) is 11.5. The van der Waals surface area contributed by atoms with E-state index >= 15 is 0 Å². The van der Waals surface area contributed by atoms with Crippen LogP contribution in [0.2, 0.25) is 0 Å². The number of hydrogen-bond donors (Lipinski definition) is 1. The number of hydrogen-bond acceptors (Lipinski definition) is 3. The number of anilines is 1. The molecule has 0 fully saturated rings. The number of benzene rings is 3. The van der Waals surface area contributed by atoms with Crippen molar-refractivity contribution in [2.24, 2.45) is 0 Å². The fraction of sp³-hybridized carbons (Fsp3) is 0.0833.